The lowest BCUT2D eigenvalue weighted by Gasteiger charge is -2.55. The molecule has 5 N–H and O–H groups in total. The Balaban J connectivity index is 0.00000139. The van der Waals surface area contributed by atoms with Crippen molar-refractivity contribution in [1.29, 1.82) is 0 Å². The molecule has 2 aromatic heterocycles. The Morgan fingerprint density at radius 3 is 2.40 bits per heavy atom. The van der Waals surface area contributed by atoms with Gasteiger partial charge in [0.15, 0.2) is 5.82 Å². The van der Waals surface area contributed by atoms with Crippen molar-refractivity contribution >= 4 is 58.1 Å². The van der Waals surface area contributed by atoms with Gasteiger partial charge < -0.3 is 25.8 Å². The summed E-state index contributed by atoms with van der Waals surface area (Å²) in [6.07, 6.45) is 12.7. The number of hydrogen-bond donors (Lipinski definition) is 4. The third-order valence-corrected chi connectivity index (χ3v) is 12.3. The van der Waals surface area contributed by atoms with Gasteiger partial charge in [0.05, 0.1) is 40.2 Å². The molecule has 15 nitrogen and oxygen atoms in total. The molecule has 5 aliphatic heterocycles. The number of pyridine rings is 1. The van der Waals surface area contributed by atoms with Crippen molar-refractivity contribution in [1.82, 2.24) is 30.2 Å². The molecule has 1 aliphatic carbocycles. The monoisotopic (exact) mass is 803 g/mol. The maximum atomic E-state index is 13.4. The van der Waals surface area contributed by atoms with Crippen LogP contribution in [0.1, 0.15) is 70.8 Å². The molecule has 0 bridgehead atoms. The molecule has 58 heavy (non-hydrogen) atoms. The van der Waals surface area contributed by atoms with Crippen LogP contribution in [0.2, 0.25) is 5.02 Å². The van der Waals surface area contributed by atoms with Crippen molar-refractivity contribution in [3.63, 3.8) is 0 Å². The first-order chi connectivity index (χ1) is 28.1. The van der Waals surface area contributed by atoms with Crippen LogP contribution in [0.5, 0.6) is 0 Å². The van der Waals surface area contributed by atoms with E-state index in [4.69, 9.17) is 22.3 Å². The van der Waals surface area contributed by atoms with Crippen LogP contribution < -0.4 is 36.5 Å². The third kappa shape index (κ3) is 6.97. The Hall–Kier alpha value is -6.09. The first-order valence-corrected chi connectivity index (χ1v) is 20.3. The minimum atomic E-state index is -0.550. The standard InChI is InChI=1S/C39H40ClN11O4.C3H6/c1-42-29-18-33(46-51-32(35(41)53)20-44-36(29)51)49-13-9-26-25(3-2-4-30(26)49)28-7-6-24(19-43-28)48-21-39(22-48)11-15-47(16-12-39)37(54)23-5-8-31(27(40)17-23)50-14-10-34(52)45-38(50)55;1-2-3-1/h2-8,17-20,33,42,46H,9-16,21-22H2,1H3,(H2,41,53)(H,45,52,55);1-3H2. The van der Waals surface area contributed by atoms with Crippen LogP contribution in [0.4, 0.5) is 21.9 Å². The van der Waals surface area contributed by atoms with Crippen LogP contribution in [0, 0.1) is 5.41 Å². The number of likely N-dealkylation sites (tertiary alicyclic amines) is 1. The second-order valence-electron chi connectivity index (χ2n) is 15.8. The highest BCUT2D eigenvalue weighted by molar-refractivity contribution is 6.34. The topological polar surface area (TPSA) is 174 Å². The van der Waals surface area contributed by atoms with Gasteiger partial charge in [-0.15, -0.1) is 0 Å². The molecule has 2 aromatic carbocycles. The number of hydrogen-bond acceptors (Lipinski definition) is 10. The van der Waals surface area contributed by atoms with Gasteiger partial charge in [-0.2, -0.15) is 0 Å². The SMILES string of the molecule is C1CC1.CNC1=CC(N2CCc3c(-c4ccc(N5CC6(CCN(C(=O)c7ccc(N8CCC(=O)NC8=O)c(Cl)c7)CC6)C5)cn4)cccc32)Nn2c(C(N)=O)cnc21. The molecule has 5 amide bonds. The summed E-state index contributed by atoms with van der Waals surface area (Å²) in [7, 11) is 1.83. The van der Waals surface area contributed by atoms with Crippen molar-refractivity contribution in [3.05, 3.63) is 94.7 Å². The van der Waals surface area contributed by atoms with Crippen molar-refractivity contribution in [2.75, 3.05) is 66.4 Å². The molecule has 6 aliphatic rings. The number of fused-ring (bicyclic) bond motifs is 2. The average Bonchev–Trinajstić information content (AvgIpc) is 3.94. The second kappa shape index (κ2) is 15.0. The quantitative estimate of drug-likeness (QED) is 0.208. The van der Waals surface area contributed by atoms with Crippen molar-refractivity contribution < 1.29 is 19.2 Å². The van der Waals surface area contributed by atoms with Crippen LogP contribution in [0.3, 0.4) is 0 Å². The van der Waals surface area contributed by atoms with E-state index >= 15 is 0 Å². The largest absolute Gasteiger partial charge is 0.385 e. The number of anilines is 3. The molecular formula is C42H46ClN11O4. The van der Waals surface area contributed by atoms with E-state index in [1.807, 2.05) is 18.1 Å². The maximum Gasteiger partial charge on any atom is 0.328 e. The lowest BCUT2D eigenvalue weighted by Crippen LogP contribution is -2.61. The number of halogens is 1. The van der Waals surface area contributed by atoms with E-state index in [0.717, 1.165) is 67.2 Å². The summed E-state index contributed by atoms with van der Waals surface area (Å²) in [6.45, 7) is 4.18. The summed E-state index contributed by atoms with van der Waals surface area (Å²) >= 11 is 6.52. The number of piperidine rings is 1. The number of nitrogens with two attached hydrogens (primary N) is 1. The maximum absolute atomic E-state index is 13.4. The van der Waals surface area contributed by atoms with Gasteiger partial charge in [-0.1, -0.05) is 43.0 Å². The summed E-state index contributed by atoms with van der Waals surface area (Å²) in [5.41, 5.74) is 16.7. The summed E-state index contributed by atoms with van der Waals surface area (Å²) in [5, 5.41) is 5.80. The molecule has 1 atom stereocenters. The number of carbonyl (C=O) groups is 4. The minimum Gasteiger partial charge on any atom is -0.385 e. The number of urea groups is 1. The number of amides is 5. The fourth-order valence-corrected chi connectivity index (χ4v) is 8.89. The summed E-state index contributed by atoms with van der Waals surface area (Å²) < 4.78 is 1.66. The highest BCUT2D eigenvalue weighted by atomic mass is 35.5. The molecule has 4 fully saturated rings. The second-order valence-corrected chi connectivity index (χ2v) is 16.3. The normalized spacial score (nSPS) is 20.2. The number of nitrogens with one attached hydrogen (secondary N) is 3. The lowest BCUT2D eigenvalue weighted by atomic mass is 9.71. The molecule has 16 heteroatoms. The number of nitrogens with zero attached hydrogens (tertiary/aromatic N) is 7. The van der Waals surface area contributed by atoms with Crippen molar-refractivity contribution in [3.8, 4) is 11.3 Å². The summed E-state index contributed by atoms with van der Waals surface area (Å²) in [5.74, 6) is -0.335. The van der Waals surface area contributed by atoms with Gasteiger partial charge in [0.1, 0.15) is 11.9 Å². The molecule has 3 saturated heterocycles. The zero-order valence-corrected chi connectivity index (χ0v) is 33.1. The van der Waals surface area contributed by atoms with Crippen LogP contribution in [0.15, 0.2) is 67.0 Å². The summed E-state index contributed by atoms with van der Waals surface area (Å²) in [6, 6.07) is 15.0. The smallest absolute Gasteiger partial charge is 0.328 e. The van der Waals surface area contributed by atoms with Crippen LogP contribution in [0.25, 0.3) is 17.0 Å². The first kappa shape index (κ1) is 37.5. The molecule has 10 rings (SSSR count). The predicted octanol–water partition coefficient (Wildman–Crippen LogP) is 4.56. The van der Waals surface area contributed by atoms with E-state index < -0.39 is 11.9 Å². The molecule has 300 valence electrons. The predicted molar refractivity (Wildman–Crippen MR) is 222 cm³/mol. The summed E-state index contributed by atoms with van der Waals surface area (Å²) in [4.78, 5) is 66.6. The fourth-order valence-electron chi connectivity index (χ4n) is 8.61. The number of carbonyl (C=O) groups excluding carboxylic acids is 4. The molecule has 0 radical (unpaired) electrons. The van der Waals surface area contributed by atoms with E-state index in [1.54, 1.807) is 22.9 Å². The zero-order valence-electron chi connectivity index (χ0n) is 32.3. The zero-order chi connectivity index (χ0) is 40.1. The van der Waals surface area contributed by atoms with E-state index in [-0.39, 0.29) is 36.4 Å². The Bertz CT molecular complexity index is 2320. The Morgan fingerprint density at radius 1 is 0.931 bits per heavy atom. The first-order valence-electron chi connectivity index (χ1n) is 20.0. The number of aromatic nitrogens is 3. The van der Waals surface area contributed by atoms with Gasteiger partial charge in [0.2, 0.25) is 5.91 Å². The van der Waals surface area contributed by atoms with E-state index in [9.17, 15) is 19.2 Å². The van der Waals surface area contributed by atoms with Crippen molar-refractivity contribution in [2.24, 2.45) is 11.1 Å². The van der Waals surface area contributed by atoms with Gasteiger partial charge in [0, 0.05) is 75.0 Å². The fraction of sp³-hybridized carbons (Fsp3) is 0.381. The molecule has 1 unspecified atom stereocenters. The van der Waals surface area contributed by atoms with Gasteiger partial charge in [-0.05, 0) is 67.3 Å². The third-order valence-electron chi connectivity index (χ3n) is 12.0. The van der Waals surface area contributed by atoms with Crippen LogP contribution in [-0.4, -0.2) is 95.8 Å². The van der Waals surface area contributed by atoms with E-state index in [0.29, 0.717) is 40.9 Å². The van der Waals surface area contributed by atoms with E-state index in [2.05, 4.69) is 67.3 Å². The van der Waals surface area contributed by atoms with Crippen LogP contribution in [-0.2, 0) is 11.2 Å². The molecule has 1 saturated carbocycles. The van der Waals surface area contributed by atoms with E-state index in [1.165, 1.54) is 35.9 Å². The Labute approximate surface area is 341 Å². The number of benzene rings is 2. The number of rotatable bonds is 7. The minimum absolute atomic E-state index is 0.0770. The highest BCUT2D eigenvalue weighted by Crippen LogP contribution is 2.44. The van der Waals surface area contributed by atoms with Crippen LogP contribution >= 0.6 is 11.6 Å². The molecule has 1 spiro atoms. The highest BCUT2D eigenvalue weighted by Gasteiger charge is 2.46. The van der Waals surface area contributed by atoms with Gasteiger partial charge >= 0.3 is 6.03 Å². The number of primary amides is 1. The van der Waals surface area contributed by atoms with Gasteiger partial charge in [0.25, 0.3) is 11.8 Å². The van der Waals surface area contributed by atoms with Gasteiger partial charge in [-0.25, -0.2) is 14.5 Å². The Kier molecular flexibility index (Phi) is 9.70. The average molecular weight is 804 g/mol. The lowest BCUT2D eigenvalue weighted by molar-refractivity contribution is -0.120. The molecule has 7 heterocycles. The molecule has 4 aromatic rings. The number of imidazole rings is 1. The molecular weight excluding hydrogens is 758 g/mol. The van der Waals surface area contributed by atoms with Crippen molar-refractivity contribution in [2.45, 2.75) is 51.1 Å². The Morgan fingerprint density at radius 2 is 1.72 bits per heavy atom. The van der Waals surface area contributed by atoms with Gasteiger partial charge in [-0.3, -0.25) is 35.0 Å². The number of imide groups is 1.